The monoisotopic (exact) mass is 337 g/mol. The molecule has 0 saturated heterocycles. The summed E-state index contributed by atoms with van der Waals surface area (Å²) in [4.78, 5) is 22.9. The van der Waals surface area contributed by atoms with Gasteiger partial charge >= 0.3 is 5.69 Å². The third-order valence-corrected chi connectivity index (χ3v) is 3.05. The molecule has 8 heteroatoms. The summed E-state index contributed by atoms with van der Waals surface area (Å²) >= 11 is 3.30. The van der Waals surface area contributed by atoms with E-state index in [4.69, 9.17) is 0 Å². The van der Waals surface area contributed by atoms with Crippen LogP contribution in [0.1, 0.15) is 17.2 Å². The molecule has 0 aliphatic heterocycles. The minimum atomic E-state index is -0.480. The highest BCUT2D eigenvalue weighted by Crippen LogP contribution is 2.25. The maximum atomic E-state index is 11.1. The van der Waals surface area contributed by atoms with E-state index in [9.17, 15) is 10.1 Å². The summed E-state index contributed by atoms with van der Waals surface area (Å²) in [7, 11) is 0. The van der Waals surface area contributed by atoms with Crippen LogP contribution in [-0.2, 0) is 6.54 Å². The zero-order valence-electron chi connectivity index (χ0n) is 10.9. The van der Waals surface area contributed by atoms with Crippen molar-refractivity contribution in [1.29, 1.82) is 0 Å². The molecule has 0 aliphatic rings. The predicted octanol–water partition coefficient (Wildman–Crippen LogP) is 2.77. The second kappa shape index (κ2) is 5.91. The summed E-state index contributed by atoms with van der Waals surface area (Å²) in [5, 5.41) is 14.0. The molecule has 0 aliphatic carbocycles. The number of aromatic nitrogens is 3. The Bertz CT molecular complexity index is 645. The SMILES string of the molecule is Cc1nc(C)c([N+](=O)[O-])c(NCc2ccc(Br)cn2)n1. The highest BCUT2D eigenvalue weighted by Gasteiger charge is 2.20. The lowest BCUT2D eigenvalue weighted by atomic mass is 10.3. The molecule has 7 nitrogen and oxygen atoms in total. The summed E-state index contributed by atoms with van der Waals surface area (Å²) in [5.41, 5.74) is 0.998. The molecule has 2 heterocycles. The van der Waals surface area contributed by atoms with Gasteiger partial charge in [0.15, 0.2) is 0 Å². The van der Waals surface area contributed by atoms with Crippen molar-refractivity contribution >= 4 is 27.4 Å². The van der Waals surface area contributed by atoms with Gasteiger partial charge in [0, 0.05) is 10.7 Å². The molecule has 20 heavy (non-hydrogen) atoms. The van der Waals surface area contributed by atoms with E-state index in [0.717, 1.165) is 10.2 Å². The average Bonchev–Trinajstić information content (AvgIpc) is 2.36. The quantitative estimate of drug-likeness (QED) is 0.680. The van der Waals surface area contributed by atoms with Crippen LogP contribution in [0.5, 0.6) is 0 Å². The second-order valence-electron chi connectivity index (χ2n) is 4.13. The van der Waals surface area contributed by atoms with Crippen molar-refractivity contribution in [1.82, 2.24) is 15.0 Å². The molecular formula is C12H12BrN5O2. The largest absolute Gasteiger partial charge is 0.359 e. The van der Waals surface area contributed by atoms with Crippen LogP contribution in [0.15, 0.2) is 22.8 Å². The van der Waals surface area contributed by atoms with Gasteiger partial charge in [0.1, 0.15) is 11.5 Å². The lowest BCUT2D eigenvalue weighted by Crippen LogP contribution is -2.09. The highest BCUT2D eigenvalue weighted by molar-refractivity contribution is 9.10. The van der Waals surface area contributed by atoms with Gasteiger partial charge in [-0.15, -0.1) is 0 Å². The number of nitrogens with zero attached hydrogens (tertiary/aromatic N) is 4. The third kappa shape index (κ3) is 3.27. The fourth-order valence-corrected chi connectivity index (χ4v) is 1.97. The van der Waals surface area contributed by atoms with Crippen molar-refractivity contribution in [3.8, 4) is 0 Å². The number of nitrogens with one attached hydrogen (secondary N) is 1. The van der Waals surface area contributed by atoms with Crippen molar-refractivity contribution in [2.24, 2.45) is 0 Å². The van der Waals surface area contributed by atoms with Gasteiger partial charge < -0.3 is 5.32 Å². The van der Waals surface area contributed by atoms with Gasteiger partial charge in [-0.3, -0.25) is 15.1 Å². The lowest BCUT2D eigenvalue weighted by molar-refractivity contribution is -0.385. The van der Waals surface area contributed by atoms with Crippen LogP contribution in [0, 0.1) is 24.0 Å². The molecule has 1 N–H and O–H groups in total. The summed E-state index contributed by atoms with van der Waals surface area (Å²) in [6, 6.07) is 3.68. The van der Waals surface area contributed by atoms with E-state index in [1.807, 2.05) is 12.1 Å². The molecule has 0 atom stereocenters. The van der Waals surface area contributed by atoms with Crippen LogP contribution in [0.2, 0.25) is 0 Å². The van der Waals surface area contributed by atoms with Gasteiger partial charge in [-0.1, -0.05) is 0 Å². The molecule has 2 aromatic heterocycles. The smallest absolute Gasteiger partial charge is 0.332 e. The van der Waals surface area contributed by atoms with Crippen LogP contribution in [0.4, 0.5) is 11.5 Å². The Labute approximate surface area is 123 Å². The van der Waals surface area contributed by atoms with Crippen molar-refractivity contribution < 1.29 is 4.92 Å². The minimum absolute atomic E-state index is 0.104. The first-order valence-electron chi connectivity index (χ1n) is 5.81. The number of halogens is 1. The second-order valence-corrected chi connectivity index (χ2v) is 5.05. The van der Waals surface area contributed by atoms with Gasteiger partial charge in [-0.2, -0.15) is 0 Å². The Kier molecular flexibility index (Phi) is 4.23. The van der Waals surface area contributed by atoms with Crippen LogP contribution in [-0.4, -0.2) is 19.9 Å². The van der Waals surface area contributed by atoms with Gasteiger partial charge in [-0.25, -0.2) is 9.97 Å². The van der Waals surface area contributed by atoms with Crippen molar-refractivity contribution in [3.05, 3.63) is 50.1 Å². The van der Waals surface area contributed by atoms with Gasteiger partial charge in [0.05, 0.1) is 17.2 Å². The lowest BCUT2D eigenvalue weighted by Gasteiger charge is -2.08. The molecule has 0 aromatic carbocycles. The Balaban J connectivity index is 2.24. The van der Waals surface area contributed by atoms with E-state index in [2.05, 4.69) is 36.2 Å². The molecular weight excluding hydrogens is 326 g/mol. The number of aryl methyl sites for hydroxylation is 2. The number of hydrogen-bond donors (Lipinski definition) is 1. The Hall–Kier alpha value is -2.09. The molecule has 0 fully saturated rings. The first-order valence-corrected chi connectivity index (χ1v) is 6.60. The molecule has 0 amide bonds. The molecule has 2 rings (SSSR count). The molecule has 104 valence electrons. The molecule has 2 aromatic rings. The minimum Gasteiger partial charge on any atom is -0.359 e. The highest BCUT2D eigenvalue weighted by atomic mass is 79.9. The third-order valence-electron chi connectivity index (χ3n) is 2.58. The van der Waals surface area contributed by atoms with E-state index in [1.165, 1.54) is 0 Å². The molecule has 0 unspecified atom stereocenters. The first kappa shape index (κ1) is 14.3. The Morgan fingerprint density at radius 1 is 1.35 bits per heavy atom. The fourth-order valence-electron chi connectivity index (χ4n) is 1.73. The number of pyridine rings is 1. The van der Waals surface area contributed by atoms with Crippen molar-refractivity contribution in [2.75, 3.05) is 5.32 Å². The number of rotatable bonds is 4. The number of hydrogen-bond acceptors (Lipinski definition) is 6. The van der Waals surface area contributed by atoms with Crippen LogP contribution < -0.4 is 5.32 Å². The molecule has 0 bridgehead atoms. The van der Waals surface area contributed by atoms with E-state index in [0.29, 0.717) is 18.1 Å². The van der Waals surface area contributed by atoms with Crippen LogP contribution >= 0.6 is 15.9 Å². The number of anilines is 1. The fraction of sp³-hybridized carbons (Fsp3) is 0.250. The molecule has 0 radical (unpaired) electrons. The van der Waals surface area contributed by atoms with Crippen LogP contribution in [0.3, 0.4) is 0 Å². The van der Waals surface area contributed by atoms with E-state index in [-0.39, 0.29) is 11.5 Å². The molecule has 0 spiro atoms. The van der Waals surface area contributed by atoms with Crippen molar-refractivity contribution in [2.45, 2.75) is 20.4 Å². The van der Waals surface area contributed by atoms with Crippen molar-refractivity contribution in [3.63, 3.8) is 0 Å². The van der Waals surface area contributed by atoms with Crippen LogP contribution in [0.25, 0.3) is 0 Å². The summed E-state index contributed by atoms with van der Waals surface area (Å²) in [5.74, 6) is 0.698. The predicted molar refractivity (Wildman–Crippen MR) is 77.4 cm³/mol. The standard InChI is InChI=1S/C12H12BrN5O2/c1-7-11(18(19)20)12(17-8(2)16-7)15-6-10-4-3-9(13)5-14-10/h3-5H,6H2,1-2H3,(H,15,16,17). The van der Waals surface area contributed by atoms with Gasteiger partial charge in [-0.05, 0) is 41.9 Å². The molecule has 0 saturated carbocycles. The van der Waals surface area contributed by atoms with E-state index < -0.39 is 4.92 Å². The van der Waals surface area contributed by atoms with Gasteiger partial charge in [0.2, 0.25) is 5.82 Å². The maximum Gasteiger partial charge on any atom is 0.332 e. The van der Waals surface area contributed by atoms with E-state index >= 15 is 0 Å². The average molecular weight is 338 g/mol. The first-order chi connectivity index (χ1) is 9.47. The Morgan fingerprint density at radius 3 is 2.70 bits per heavy atom. The summed E-state index contributed by atoms with van der Waals surface area (Å²) < 4.78 is 0.876. The van der Waals surface area contributed by atoms with E-state index in [1.54, 1.807) is 20.0 Å². The summed E-state index contributed by atoms with van der Waals surface area (Å²) in [6.07, 6.45) is 1.67. The topological polar surface area (TPSA) is 93.8 Å². The zero-order chi connectivity index (χ0) is 14.7. The van der Waals surface area contributed by atoms with Gasteiger partial charge in [0.25, 0.3) is 0 Å². The number of nitro groups is 1. The summed E-state index contributed by atoms with van der Waals surface area (Å²) in [6.45, 7) is 3.64. The Morgan fingerprint density at radius 2 is 2.10 bits per heavy atom. The maximum absolute atomic E-state index is 11.1. The zero-order valence-corrected chi connectivity index (χ0v) is 12.5. The normalized spacial score (nSPS) is 10.3.